The molecule has 11 heteroatoms. The van der Waals surface area contributed by atoms with E-state index in [2.05, 4.69) is 10.2 Å². The summed E-state index contributed by atoms with van der Waals surface area (Å²) in [5, 5.41) is 22.4. The van der Waals surface area contributed by atoms with Crippen LogP contribution in [0.5, 0.6) is 5.75 Å². The summed E-state index contributed by atoms with van der Waals surface area (Å²) in [7, 11) is 0. The van der Waals surface area contributed by atoms with E-state index in [0.717, 1.165) is 0 Å². The summed E-state index contributed by atoms with van der Waals surface area (Å²) < 4.78 is 5.64. The molecule has 0 spiro atoms. The van der Waals surface area contributed by atoms with Crippen LogP contribution >= 0.6 is 0 Å². The van der Waals surface area contributed by atoms with E-state index < -0.39 is 11.2 Å². The molecule has 0 bridgehead atoms. The number of hydrogen-bond acceptors (Lipinski definition) is 8. The Hall–Kier alpha value is -3.21. The Balaban J connectivity index is 2.71. The number of benzene rings is 1. The second kappa shape index (κ2) is 14.0. The number of carbonyl (C=O) groups is 3. The Labute approximate surface area is 193 Å². The first-order valence-electron chi connectivity index (χ1n) is 10.9. The van der Waals surface area contributed by atoms with E-state index in [0.29, 0.717) is 18.5 Å². The Morgan fingerprint density at radius 1 is 1.24 bits per heavy atom. The zero-order chi connectivity index (χ0) is 25.0. The van der Waals surface area contributed by atoms with Gasteiger partial charge in [0.05, 0.1) is 18.7 Å². The number of nitrogens with zero attached hydrogens (tertiary/aromatic N) is 2. The summed E-state index contributed by atoms with van der Waals surface area (Å²) >= 11 is 0. The number of nitrogens with one attached hydrogen (secondary N) is 1. The Morgan fingerprint density at radius 3 is 2.52 bits per heavy atom. The van der Waals surface area contributed by atoms with Crippen molar-refractivity contribution in [2.75, 3.05) is 25.1 Å². The molecule has 0 aliphatic heterocycles. The molecule has 0 radical (unpaired) electrons. The molecular formula is C22H33N3O8. The third kappa shape index (κ3) is 10.3. The number of carbonyl (C=O) groups excluding carboxylic acids is 3. The van der Waals surface area contributed by atoms with Gasteiger partial charge >= 0.3 is 0 Å². The van der Waals surface area contributed by atoms with Crippen molar-refractivity contribution in [3.05, 3.63) is 33.9 Å². The largest absolute Gasteiger partial charge is 0.490 e. The highest BCUT2D eigenvalue weighted by Gasteiger charge is 2.21. The maximum absolute atomic E-state index is 12.4. The molecule has 1 aromatic rings. The third-order valence-electron chi connectivity index (χ3n) is 4.63. The molecule has 0 saturated carbocycles. The normalized spacial score (nSPS) is 11.6. The van der Waals surface area contributed by atoms with E-state index >= 15 is 0 Å². The van der Waals surface area contributed by atoms with Crippen LogP contribution in [0.2, 0.25) is 0 Å². The second-order valence-electron chi connectivity index (χ2n) is 7.83. The summed E-state index contributed by atoms with van der Waals surface area (Å²) in [4.78, 5) is 52.1. The van der Waals surface area contributed by atoms with Gasteiger partial charge in [-0.05, 0) is 51.8 Å². The monoisotopic (exact) mass is 467 g/mol. The van der Waals surface area contributed by atoms with Crippen LogP contribution in [-0.2, 0) is 14.4 Å². The molecule has 1 unspecified atom stereocenters. The van der Waals surface area contributed by atoms with Gasteiger partial charge in [0.2, 0.25) is 11.8 Å². The summed E-state index contributed by atoms with van der Waals surface area (Å²) in [6.07, 6.45) is 0.258. The van der Waals surface area contributed by atoms with Gasteiger partial charge in [-0.2, -0.15) is 0 Å². The van der Waals surface area contributed by atoms with Crippen LogP contribution in [-0.4, -0.2) is 64.6 Å². The highest BCUT2D eigenvalue weighted by molar-refractivity contribution is 5.99. The van der Waals surface area contributed by atoms with Crippen LogP contribution in [0.4, 0.5) is 5.69 Å². The highest BCUT2D eigenvalue weighted by atomic mass is 16.9. The average Bonchev–Trinajstić information content (AvgIpc) is 2.73. The fraction of sp³-hybridized carbons (Fsp3) is 0.591. The molecule has 0 heterocycles. The van der Waals surface area contributed by atoms with Gasteiger partial charge in [-0.15, -0.1) is 10.1 Å². The summed E-state index contributed by atoms with van der Waals surface area (Å²) in [5.41, 5.74) is 0.739. The van der Waals surface area contributed by atoms with Crippen LogP contribution in [0, 0.1) is 10.1 Å². The van der Waals surface area contributed by atoms with Crippen molar-refractivity contribution in [1.29, 1.82) is 0 Å². The first-order valence-corrected chi connectivity index (χ1v) is 10.9. The van der Waals surface area contributed by atoms with Gasteiger partial charge in [-0.25, -0.2) is 0 Å². The number of ether oxygens (including phenoxy) is 1. The lowest BCUT2D eigenvalue weighted by atomic mass is 10.1. The number of ketones is 1. The molecule has 2 N–H and O–H groups in total. The predicted molar refractivity (Wildman–Crippen MR) is 121 cm³/mol. The van der Waals surface area contributed by atoms with Gasteiger partial charge in [0, 0.05) is 24.6 Å². The number of hydrogen-bond donors (Lipinski definition) is 2. The molecule has 0 aromatic heterocycles. The fourth-order valence-electron chi connectivity index (χ4n) is 3.03. The van der Waals surface area contributed by atoms with E-state index in [1.807, 2.05) is 6.92 Å². The van der Waals surface area contributed by atoms with E-state index in [1.54, 1.807) is 26.0 Å². The van der Waals surface area contributed by atoms with Crippen molar-refractivity contribution < 1.29 is 34.2 Å². The topological polar surface area (TPSA) is 148 Å². The molecule has 184 valence electrons. The lowest BCUT2D eigenvalue weighted by Gasteiger charge is -2.29. The maximum Gasteiger partial charge on any atom is 0.294 e. The van der Waals surface area contributed by atoms with Crippen LogP contribution in [0.25, 0.3) is 0 Å². The van der Waals surface area contributed by atoms with Gasteiger partial charge in [0.15, 0.2) is 5.78 Å². The molecule has 11 nitrogen and oxygen atoms in total. The minimum absolute atomic E-state index is 0.00679. The Bertz CT molecular complexity index is 828. The summed E-state index contributed by atoms with van der Waals surface area (Å²) in [5.74, 6) is -0.427. The first kappa shape index (κ1) is 27.8. The van der Waals surface area contributed by atoms with Gasteiger partial charge in [0.25, 0.3) is 5.09 Å². The van der Waals surface area contributed by atoms with Crippen molar-refractivity contribution in [3.63, 3.8) is 0 Å². The molecular weight excluding hydrogens is 434 g/mol. The molecule has 1 aromatic carbocycles. The second-order valence-corrected chi connectivity index (χ2v) is 7.83. The summed E-state index contributed by atoms with van der Waals surface area (Å²) in [6, 6.07) is 4.47. The lowest BCUT2D eigenvalue weighted by Crippen LogP contribution is -2.43. The quantitative estimate of drug-likeness (QED) is 0.173. The highest BCUT2D eigenvalue weighted by Crippen LogP contribution is 2.24. The maximum atomic E-state index is 12.4. The fourth-order valence-corrected chi connectivity index (χ4v) is 3.03. The number of amides is 2. The number of anilines is 1. The van der Waals surface area contributed by atoms with Crippen molar-refractivity contribution in [1.82, 2.24) is 4.90 Å². The van der Waals surface area contributed by atoms with Crippen molar-refractivity contribution in [3.8, 4) is 5.75 Å². The molecule has 0 fully saturated rings. The molecule has 1 atom stereocenters. The van der Waals surface area contributed by atoms with E-state index in [4.69, 9.17) is 4.74 Å². The first-order chi connectivity index (χ1) is 15.5. The summed E-state index contributed by atoms with van der Waals surface area (Å²) in [6.45, 7) is 6.49. The average molecular weight is 468 g/mol. The van der Waals surface area contributed by atoms with Gasteiger partial charge in [-0.1, -0.05) is 6.92 Å². The van der Waals surface area contributed by atoms with Crippen LogP contribution < -0.4 is 10.1 Å². The van der Waals surface area contributed by atoms with Crippen LogP contribution in [0.15, 0.2) is 18.2 Å². The molecule has 0 saturated heterocycles. The third-order valence-corrected chi connectivity index (χ3v) is 4.63. The number of Topliss-reactive ketones (excluding diaryl/α,β-unsaturated/α-hetero) is 1. The zero-order valence-corrected chi connectivity index (χ0v) is 19.5. The molecule has 0 aliphatic carbocycles. The van der Waals surface area contributed by atoms with Gasteiger partial charge in [0.1, 0.15) is 18.5 Å². The SMILES string of the molecule is CCCC(=O)Nc1ccc(OCC(O)CN(C(=O)CCCO[N+](=O)[O-])C(C)C)c(C(C)=O)c1. The zero-order valence-electron chi connectivity index (χ0n) is 19.5. The molecule has 1 rings (SSSR count). The number of aliphatic hydroxyl groups is 1. The Kier molecular flexibility index (Phi) is 11.8. The Morgan fingerprint density at radius 2 is 1.94 bits per heavy atom. The van der Waals surface area contributed by atoms with Crippen molar-refractivity contribution in [2.45, 2.75) is 65.5 Å². The molecule has 33 heavy (non-hydrogen) atoms. The molecule has 2 amide bonds. The van der Waals surface area contributed by atoms with Crippen LogP contribution in [0.1, 0.15) is 63.7 Å². The lowest BCUT2D eigenvalue weighted by molar-refractivity contribution is -0.757. The standard InChI is InChI=1S/C22H33N3O8/c1-5-7-21(28)23-17-9-10-20(19(12-17)16(4)26)32-14-18(27)13-24(15(2)3)22(29)8-6-11-33-25(30)31/h9-10,12,15,18,27H,5-8,11,13-14H2,1-4H3,(H,23,28). The smallest absolute Gasteiger partial charge is 0.294 e. The van der Waals surface area contributed by atoms with Crippen LogP contribution in [0.3, 0.4) is 0 Å². The van der Waals surface area contributed by atoms with Gasteiger partial charge in [-0.3, -0.25) is 14.4 Å². The number of rotatable bonds is 15. The minimum atomic E-state index is -1.03. The predicted octanol–water partition coefficient (Wildman–Crippen LogP) is 2.59. The van der Waals surface area contributed by atoms with E-state index in [9.17, 15) is 29.6 Å². The minimum Gasteiger partial charge on any atom is -0.490 e. The van der Waals surface area contributed by atoms with Crippen molar-refractivity contribution in [2.24, 2.45) is 0 Å². The van der Waals surface area contributed by atoms with E-state index in [-0.39, 0.29) is 67.6 Å². The molecule has 0 aliphatic rings. The van der Waals surface area contributed by atoms with Gasteiger partial charge < -0.3 is 24.9 Å². The van der Waals surface area contributed by atoms with Crippen molar-refractivity contribution >= 4 is 23.3 Å². The van der Waals surface area contributed by atoms with E-state index in [1.165, 1.54) is 17.9 Å². The number of aliphatic hydroxyl groups excluding tert-OH is 1.